The number of carbonyl (C=O) groups excluding carboxylic acids is 1. The maximum absolute atomic E-state index is 13.6. The summed E-state index contributed by atoms with van der Waals surface area (Å²) in [6, 6.07) is 7.31. The van der Waals surface area contributed by atoms with Gasteiger partial charge in [-0.05, 0) is 30.5 Å². The first kappa shape index (κ1) is 14.5. The second-order valence-corrected chi connectivity index (χ2v) is 6.31. The van der Waals surface area contributed by atoms with Crippen LogP contribution < -0.4 is 10.1 Å². The molecule has 0 radical (unpaired) electrons. The zero-order valence-corrected chi connectivity index (χ0v) is 13.0. The lowest BCUT2D eigenvalue weighted by Gasteiger charge is -2.19. The van der Waals surface area contributed by atoms with Crippen LogP contribution in [0, 0.1) is 0 Å². The molecule has 0 saturated heterocycles. The molecular formula is C16H15ClFN3O2. The first-order valence-electron chi connectivity index (χ1n) is 7.56. The largest absolute Gasteiger partial charge is 0.474 e. The maximum Gasteiger partial charge on any atom is 0.272 e. The molecule has 7 heteroatoms. The van der Waals surface area contributed by atoms with Crippen molar-refractivity contribution in [1.82, 2.24) is 15.1 Å². The third-order valence-corrected chi connectivity index (χ3v) is 4.19. The Morgan fingerprint density at radius 2 is 2.09 bits per heavy atom. The topological polar surface area (TPSA) is 56.2 Å². The fraction of sp³-hybridized carbons (Fsp3) is 0.375. The molecule has 1 aliphatic heterocycles. The summed E-state index contributed by atoms with van der Waals surface area (Å²) in [4.78, 5) is 12.5. The van der Waals surface area contributed by atoms with Crippen molar-refractivity contribution in [3.63, 3.8) is 0 Å². The number of nitrogens with zero attached hydrogens (tertiary/aromatic N) is 2. The number of benzene rings is 1. The predicted molar refractivity (Wildman–Crippen MR) is 83.6 cm³/mol. The van der Waals surface area contributed by atoms with E-state index in [2.05, 4.69) is 10.4 Å². The van der Waals surface area contributed by atoms with Crippen molar-refractivity contribution in [2.45, 2.75) is 31.6 Å². The third-order valence-electron chi connectivity index (χ3n) is 3.94. The lowest BCUT2D eigenvalue weighted by molar-refractivity contribution is 0.0944. The molecule has 1 fully saturated rings. The van der Waals surface area contributed by atoms with Gasteiger partial charge in [0, 0.05) is 11.1 Å². The summed E-state index contributed by atoms with van der Waals surface area (Å²) in [6.45, 7) is 0.0581. The minimum absolute atomic E-state index is 0.0318. The summed E-state index contributed by atoms with van der Waals surface area (Å²) in [7, 11) is 0. The predicted octanol–water partition coefficient (Wildman–Crippen LogP) is 2.83. The normalized spacial score (nSPS) is 19.8. The molecule has 1 N–H and O–H groups in total. The van der Waals surface area contributed by atoms with Crippen molar-refractivity contribution < 1.29 is 13.9 Å². The van der Waals surface area contributed by atoms with Crippen molar-refractivity contribution in [2.75, 3.05) is 6.61 Å². The van der Waals surface area contributed by atoms with Gasteiger partial charge in [0.2, 0.25) is 5.88 Å². The van der Waals surface area contributed by atoms with Gasteiger partial charge in [0.05, 0.1) is 12.1 Å². The Labute approximate surface area is 137 Å². The highest BCUT2D eigenvalue weighted by molar-refractivity contribution is 6.30. The molecule has 0 bridgehead atoms. The molecule has 5 nitrogen and oxygen atoms in total. The van der Waals surface area contributed by atoms with Gasteiger partial charge < -0.3 is 10.1 Å². The summed E-state index contributed by atoms with van der Waals surface area (Å²) >= 11 is 5.93. The van der Waals surface area contributed by atoms with E-state index in [4.69, 9.17) is 16.3 Å². The molecule has 0 unspecified atom stereocenters. The van der Waals surface area contributed by atoms with Gasteiger partial charge in [0.15, 0.2) is 11.9 Å². The minimum atomic E-state index is -1.13. The number of alkyl halides is 1. The van der Waals surface area contributed by atoms with E-state index >= 15 is 0 Å². The molecular weight excluding hydrogens is 321 g/mol. The molecule has 4 rings (SSSR count). The molecule has 0 spiro atoms. The molecule has 1 atom stereocenters. The summed E-state index contributed by atoms with van der Waals surface area (Å²) in [5.41, 5.74) is 1.63. The number of carbonyl (C=O) groups is 1. The van der Waals surface area contributed by atoms with Crippen LogP contribution in [0.2, 0.25) is 5.02 Å². The van der Waals surface area contributed by atoms with Crippen molar-refractivity contribution in [2.24, 2.45) is 0 Å². The zero-order chi connectivity index (χ0) is 16.0. The number of amides is 1. The molecule has 2 heterocycles. The van der Waals surface area contributed by atoms with E-state index in [0.717, 1.165) is 18.4 Å². The fourth-order valence-electron chi connectivity index (χ4n) is 2.64. The Balaban J connectivity index is 1.80. The van der Waals surface area contributed by atoms with Crippen LogP contribution in [0.1, 0.15) is 23.3 Å². The second-order valence-electron chi connectivity index (χ2n) is 5.87. The van der Waals surface area contributed by atoms with Gasteiger partial charge in [0.1, 0.15) is 6.61 Å². The Morgan fingerprint density at radius 1 is 1.35 bits per heavy atom. The highest BCUT2D eigenvalue weighted by Gasteiger charge is 2.32. The third kappa shape index (κ3) is 2.79. The smallest absolute Gasteiger partial charge is 0.272 e. The van der Waals surface area contributed by atoms with Crippen molar-refractivity contribution >= 4 is 17.5 Å². The van der Waals surface area contributed by atoms with Gasteiger partial charge >= 0.3 is 0 Å². The number of nitrogens with one attached hydrogen (secondary N) is 1. The average Bonchev–Trinajstić information content (AvgIpc) is 3.26. The fourth-order valence-corrected chi connectivity index (χ4v) is 2.77. The lowest BCUT2D eigenvalue weighted by Crippen LogP contribution is -2.27. The van der Waals surface area contributed by atoms with Crippen LogP contribution in [-0.2, 0) is 6.54 Å². The van der Waals surface area contributed by atoms with Gasteiger partial charge in [-0.3, -0.25) is 4.79 Å². The molecule has 1 aliphatic carbocycles. The van der Waals surface area contributed by atoms with E-state index in [9.17, 15) is 9.18 Å². The number of fused-ring (bicyclic) bond motifs is 1. The van der Waals surface area contributed by atoms with Gasteiger partial charge in [-0.25, -0.2) is 9.07 Å². The number of aromatic nitrogens is 2. The average molecular weight is 336 g/mol. The Morgan fingerprint density at radius 3 is 2.78 bits per heavy atom. The van der Waals surface area contributed by atoms with Crippen LogP contribution in [0.5, 0.6) is 5.88 Å². The summed E-state index contributed by atoms with van der Waals surface area (Å²) in [5, 5.41) is 7.81. The quantitative estimate of drug-likeness (QED) is 0.938. The van der Waals surface area contributed by atoms with E-state index in [1.54, 1.807) is 24.3 Å². The first-order chi connectivity index (χ1) is 11.1. The molecule has 23 heavy (non-hydrogen) atoms. The minimum Gasteiger partial charge on any atom is -0.474 e. The molecule has 120 valence electrons. The SMILES string of the molecule is O=C(NC1CC1)c1nn2c(c1-c1ccc(Cl)cc1)OC[C@@H](F)C2. The molecule has 2 aromatic rings. The van der Waals surface area contributed by atoms with Crippen molar-refractivity contribution in [1.29, 1.82) is 0 Å². The highest BCUT2D eigenvalue weighted by Crippen LogP contribution is 2.36. The monoisotopic (exact) mass is 335 g/mol. The van der Waals surface area contributed by atoms with Crippen LogP contribution in [0.25, 0.3) is 11.1 Å². The van der Waals surface area contributed by atoms with Crippen molar-refractivity contribution in [3.8, 4) is 17.0 Å². The Kier molecular flexibility index (Phi) is 3.49. The Hall–Kier alpha value is -2.08. The summed E-state index contributed by atoms with van der Waals surface area (Å²) in [6.07, 6.45) is 0.844. The molecule has 2 aliphatic rings. The first-order valence-corrected chi connectivity index (χ1v) is 7.94. The van der Waals surface area contributed by atoms with E-state index < -0.39 is 6.17 Å². The number of hydrogen-bond acceptors (Lipinski definition) is 3. The van der Waals surface area contributed by atoms with Gasteiger partial charge in [-0.1, -0.05) is 23.7 Å². The molecule has 1 amide bonds. The van der Waals surface area contributed by atoms with Gasteiger partial charge in [0.25, 0.3) is 5.91 Å². The van der Waals surface area contributed by atoms with Gasteiger partial charge in [-0.2, -0.15) is 5.10 Å². The number of ether oxygens (including phenoxy) is 1. The zero-order valence-electron chi connectivity index (χ0n) is 12.3. The molecule has 1 aromatic heterocycles. The van der Waals surface area contributed by atoms with E-state index in [1.807, 2.05) is 0 Å². The van der Waals surface area contributed by atoms with E-state index in [0.29, 0.717) is 16.5 Å². The molecule has 1 aromatic carbocycles. The maximum atomic E-state index is 13.6. The molecule has 1 saturated carbocycles. The highest BCUT2D eigenvalue weighted by atomic mass is 35.5. The van der Waals surface area contributed by atoms with Crippen LogP contribution >= 0.6 is 11.6 Å². The van der Waals surface area contributed by atoms with Crippen LogP contribution in [-0.4, -0.2) is 34.5 Å². The van der Waals surface area contributed by atoms with Crippen molar-refractivity contribution in [3.05, 3.63) is 35.0 Å². The van der Waals surface area contributed by atoms with Crippen LogP contribution in [0.3, 0.4) is 0 Å². The van der Waals surface area contributed by atoms with Crippen LogP contribution in [0.15, 0.2) is 24.3 Å². The lowest BCUT2D eigenvalue weighted by atomic mass is 10.1. The Bertz CT molecular complexity index is 755. The summed E-state index contributed by atoms with van der Waals surface area (Å²) < 4.78 is 20.5. The standard InChI is InChI=1S/C16H15ClFN3O2/c17-10-3-1-9(2-4-10)13-14(15(22)19-12-5-6-12)20-21-7-11(18)8-23-16(13)21/h1-4,11-12H,5-8H2,(H,19,22)/t11-/m0/s1. The second kappa shape index (κ2) is 5.53. The summed E-state index contributed by atoms with van der Waals surface area (Å²) in [5.74, 6) is 0.181. The number of halogens is 2. The van der Waals surface area contributed by atoms with E-state index in [1.165, 1.54) is 4.68 Å². The van der Waals surface area contributed by atoms with Gasteiger partial charge in [-0.15, -0.1) is 0 Å². The number of rotatable bonds is 3. The van der Waals surface area contributed by atoms with E-state index in [-0.39, 0.29) is 30.8 Å². The van der Waals surface area contributed by atoms with Crippen LogP contribution in [0.4, 0.5) is 4.39 Å². The number of hydrogen-bond donors (Lipinski definition) is 1.